The van der Waals surface area contributed by atoms with Crippen molar-refractivity contribution in [1.29, 1.82) is 0 Å². The Hall–Kier alpha value is -0.940. The van der Waals surface area contributed by atoms with Gasteiger partial charge in [-0.05, 0) is 63.7 Å². The zero-order valence-corrected chi connectivity index (χ0v) is 15.1. The maximum atomic E-state index is 10.4. The summed E-state index contributed by atoms with van der Waals surface area (Å²) in [4.78, 5) is 4.84. The molecule has 24 heavy (non-hydrogen) atoms. The molecule has 0 spiro atoms. The maximum Gasteiger partial charge on any atom is 0.0834 e. The molecule has 0 aromatic heterocycles. The third-order valence-electron chi connectivity index (χ3n) is 5.40. The molecule has 2 heterocycles. The van der Waals surface area contributed by atoms with Crippen LogP contribution in [-0.4, -0.2) is 63.9 Å². The molecule has 0 amide bonds. The highest BCUT2D eigenvalue weighted by molar-refractivity contribution is 5.23. The van der Waals surface area contributed by atoms with Gasteiger partial charge in [-0.25, -0.2) is 0 Å². The number of hydrogen-bond acceptors (Lipinski definition) is 4. The first-order chi connectivity index (χ1) is 11.4. The lowest BCUT2D eigenvalue weighted by Crippen LogP contribution is -2.41. The van der Waals surface area contributed by atoms with Crippen LogP contribution in [0, 0.1) is 0 Å². The van der Waals surface area contributed by atoms with Crippen LogP contribution in [0.4, 0.5) is 0 Å². The van der Waals surface area contributed by atoms with Crippen molar-refractivity contribution >= 4 is 0 Å². The Bertz CT molecular complexity index is 517. The lowest BCUT2D eigenvalue weighted by Gasteiger charge is -2.25. The van der Waals surface area contributed by atoms with Crippen LogP contribution in [0.25, 0.3) is 0 Å². The first kappa shape index (κ1) is 17.9. The van der Waals surface area contributed by atoms with Crippen LogP contribution in [0.5, 0.6) is 0 Å². The van der Waals surface area contributed by atoms with E-state index in [0.29, 0.717) is 6.04 Å². The Kier molecular flexibility index (Phi) is 5.60. The highest BCUT2D eigenvalue weighted by atomic mass is 16.3. The Morgan fingerprint density at radius 1 is 1.04 bits per heavy atom. The van der Waals surface area contributed by atoms with Crippen LogP contribution >= 0.6 is 0 Å². The zero-order valence-electron chi connectivity index (χ0n) is 15.1. The van der Waals surface area contributed by atoms with Gasteiger partial charge in [0.1, 0.15) is 0 Å². The smallest absolute Gasteiger partial charge is 0.0834 e. The molecule has 1 aromatic rings. The van der Waals surface area contributed by atoms with Crippen LogP contribution < -0.4 is 0 Å². The number of hydrogen-bond donors (Lipinski definition) is 2. The summed E-state index contributed by atoms with van der Waals surface area (Å²) in [5, 5.41) is 20.2. The highest BCUT2D eigenvalue weighted by Gasteiger charge is 2.36. The second-order valence-electron chi connectivity index (χ2n) is 8.20. The van der Waals surface area contributed by atoms with Gasteiger partial charge in [0.05, 0.1) is 11.7 Å². The van der Waals surface area contributed by atoms with Crippen molar-refractivity contribution in [3.8, 4) is 0 Å². The molecule has 0 saturated carbocycles. The van der Waals surface area contributed by atoms with Crippen LogP contribution in [0.1, 0.15) is 44.2 Å². The summed E-state index contributed by atoms with van der Waals surface area (Å²) < 4.78 is 0. The van der Waals surface area contributed by atoms with Gasteiger partial charge >= 0.3 is 0 Å². The minimum absolute atomic E-state index is 0.214. The van der Waals surface area contributed by atoms with Crippen LogP contribution in [0.2, 0.25) is 0 Å². The van der Waals surface area contributed by atoms with Crippen molar-refractivity contribution in [2.24, 2.45) is 0 Å². The van der Waals surface area contributed by atoms with E-state index in [1.807, 2.05) is 13.8 Å². The van der Waals surface area contributed by atoms with Gasteiger partial charge in [0.15, 0.2) is 0 Å². The molecule has 4 heteroatoms. The van der Waals surface area contributed by atoms with Crippen molar-refractivity contribution in [2.75, 3.05) is 26.2 Å². The van der Waals surface area contributed by atoms with Gasteiger partial charge in [-0.1, -0.05) is 24.3 Å². The number of aliphatic hydroxyl groups excluding tert-OH is 1. The van der Waals surface area contributed by atoms with Gasteiger partial charge < -0.3 is 10.2 Å². The standard InChI is InChI=1S/C20H32N2O2/c1-20(2,24)10-9-16-5-7-17(8-6-16)13-21-14-18(19(23)15-21)22-11-3-4-12-22/h5-8,18-19,23-24H,3-4,9-15H2,1-2H3/t18-,19-/m1/s1. The molecular weight excluding hydrogens is 300 g/mol. The summed E-state index contributed by atoms with van der Waals surface area (Å²) in [6.07, 6.45) is 4.02. The Balaban J connectivity index is 1.51. The van der Waals surface area contributed by atoms with E-state index < -0.39 is 5.60 Å². The summed E-state index contributed by atoms with van der Waals surface area (Å²) in [5.74, 6) is 0. The van der Waals surface area contributed by atoms with Crippen LogP contribution in [-0.2, 0) is 13.0 Å². The van der Waals surface area contributed by atoms with Gasteiger partial charge in [0.2, 0.25) is 0 Å². The maximum absolute atomic E-state index is 10.4. The van der Waals surface area contributed by atoms with Crippen LogP contribution in [0.15, 0.2) is 24.3 Å². The minimum Gasteiger partial charge on any atom is -0.390 e. The van der Waals surface area contributed by atoms with Gasteiger partial charge in [-0.3, -0.25) is 9.80 Å². The van der Waals surface area contributed by atoms with E-state index >= 15 is 0 Å². The summed E-state index contributed by atoms with van der Waals surface area (Å²) in [5.41, 5.74) is 1.98. The van der Waals surface area contributed by atoms with E-state index in [9.17, 15) is 10.2 Å². The molecule has 2 fully saturated rings. The number of aliphatic hydroxyl groups is 2. The molecule has 0 aliphatic carbocycles. The lowest BCUT2D eigenvalue weighted by molar-refractivity contribution is 0.0714. The number of benzene rings is 1. The van der Waals surface area contributed by atoms with Gasteiger partial charge in [0.25, 0.3) is 0 Å². The fourth-order valence-corrected chi connectivity index (χ4v) is 3.93. The topological polar surface area (TPSA) is 46.9 Å². The van der Waals surface area contributed by atoms with Crippen molar-refractivity contribution in [3.63, 3.8) is 0 Å². The van der Waals surface area contributed by atoms with E-state index in [1.54, 1.807) is 0 Å². The second kappa shape index (κ2) is 7.52. The Labute approximate surface area is 146 Å². The van der Waals surface area contributed by atoms with Crippen molar-refractivity contribution in [3.05, 3.63) is 35.4 Å². The molecule has 1 aromatic carbocycles. The number of likely N-dealkylation sites (tertiary alicyclic amines) is 2. The summed E-state index contributed by atoms with van der Waals surface area (Å²) in [7, 11) is 0. The Morgan fingerprint density at radius 3 is 2.29 bits per heavy atom. The van der Waals surface area contributed by atoms with E-state index in [-0.39, 0.29) is 6.10 Å². The predicted octanol–water partition coefficient (Wildman–Crippen LogP) is 2.03. The van der Waals surface area contributed by atoms with E-state index in [4.69, 9.17) is 0 Å². The molecule has 0 bridgehead atoms. The molecule has 3 rings (SSSR count). The van der Waals surface area contributed by atoms with E-state index in [1.165, 1.54) is 24.0 Å². The number of rotatable bonds is 6. The largest absolute Gasteiger partial charge is 0.390 e. The molecule has 134 valence electrons. The molecule has 0 radical (unpaired) electrons. The number of β-amino-alcohol motifs (C(OH)–C–C–N with tert-alkyl or cyclic N) is 1. The lowest BCUT2D eigenvalue weighted by atomic mass is 9.98. The van der Waals surface area contributed by atoms with E-state index in [0.717, 1.165) is 45.6 Å². The molecular formula is C20H32N2O2. The van der Waals surface area contributed by atoms with Gasteiger partial charge in [0, 0.05) is 25.7 Å². The zero-order chi connectivity index (χ0) is 17.2. The average Bonchev–Trinajstić information content (AvgIpc) is 3.15. The normalized spacial score (nSPS) is 26.3. The summed E-state index contributed by atoms with van der Waals surface area (Å²) >= 11 is 0. The fourth-order valence-electron chi connectivity index (χ4n) is 3.93. The summed E-state index contributed by atoms with van der Waals surface area (Å²) in [6.45, 7) is 8.67. The third kappa shape index (κ3) is 4.79. The molecule has 2 N–H and O–H groups in total. The molecule has 2 aliphatic heterocycles. The quantitative estimate of drug-likeness (QED) is 0.837. The monoisotopic (exact) mass is 332 g/mol. The fraction of sp³-hybridized carbons (Fsp3) is 0.700. The number of nitrogens with zero attached hydrogens (tertiary/aromatic N) is 2. The Morgan fingerprint density at radius 2 is 1.67 bits per heavy atom. The third-order valence-corrected chi connectivity index (χ3v) is 5.40. The second-order valence-corrected chi connectivity index (χ2v) is 8.20. The molecule has 2 atom stereocenters. The summed E-state index contributed by atoms with van der Waals surface area (Å²) in [6, 6.07) is 9.04. The molecule has 2 saturated heterocycles. The first-order valence-electron chi connectivity index (χ1n) is 9.35. The SMILES string of the molecule is CC(C)(O)CCc1ccc(CN2C[C@@H](O)[C@H](N3CCCC3)C2)cc1. The molecule has 4 nitrogen and oxygen atoms in total. The predicted molar refractivity (Wildman–Crippen MR) is 96.9 cm³/mol. The highest BCUT2D eigenvalue weighted by Crippen LogP contribution is 2.22. The van der Waals surface area contributed by atoms with Gasteiger partial charge in [-0.2, -0.15) is 0 Å². The average molecular weight is 332 g/mol. The van der Waals surface area contributed by atoms with Gasteiger partial charge in [-0.15, -0.1) is 0 Å². The van der Waals surface area contributed by atoms with Crippen molar-refractivity contribution < 1.29 is 10.2 Å². The van der Waals surface area contributed by atoms with Crippen LogP contribution in [0.3, 0.4) is 0 Å². The van der Waals surface area contributed by atoms with Crippen molar-refractivity contribution in [2.45, 2.75) is 63.8 Å². The minimum atomic E-state index is -0.602. The van der Waals surface area contributed by atoms with E-state index in [2.05, 4.69) is 34.1 Å². The molecule has 0 unspecified atom stereocenters. The van der Waals surface area contributed by atoms with Crippen molar-refractivity contribution in [1.82, 2.24) is 9.80 Å². The number of aryl methyl sites for hydroxylation is 1. The molecule has 2 aliphatic rings. The first-order valence-corrected chi connectivity index (χ1v) is 9.35.